The monoisotopic (exact) mass is 272 g/mol. The number of carbonyl (C=O) groups excluding carboxylic acids is 1. The Labute approximate surface area is 109 Å². The first-order valence-electron chi connectivity index (χ1n) is 6.36. The van der Waals surface area contributed by atoms with E-state index in [1.54, 1.807) is 6.92 Å². The van der Waals surface area contributed by atoms with Gasteiger partial charge in [0.1, 0.15) is 5.78 Å². The van der Waals surface area contributed by atoms with Crippen LogP contribution >= 0.6 is 0 Å². The summed E-state index contributed by atoms with van der Waals surface area (Å²) in [6, 6.07) is 0. The van der Waals surface area contributed by atoms with Gasteiger partial charge in [-0.2, -0.15) is 0 Å². The third-order valence-electron chi connectivity index (χ3n) is 2.10. The quantitative estimate of drug-likeness (QED) is 0.655. The van der Waals surface area contributed by atoms with Crippen LogP contribution in [0.5, 0.6) is 0 Å². The zero-order valence-corrected chi connectivity index (χ0v) is 14.5. The molecule has 0 amide bonds. The van der Waals surface area contributed by atoms with Gasteiger partial charge in [-0.3, -0.25) is 0 Å². The molecule has 0 aliphatic rings. The zero-order valence-electron chi connectivity index (χ0n) is 12.5. The number of rotatable bonds is 7. The van der Waals surface area contributed by atoms with Crippen LogP contribution in [0.4, 0.5) is 0 Å². The molecule has 0 saturated carbocycles. The van der Waals surface area contributed by atoms with Crippen molar-refractivity contribution in [2.24, 2.45) is 0 Å². The van der Waals surface area contributed by atoms with Crippen molar-refractivity contribution >= 4 is 22.2 Å². The van der Waals surface area contributed by atoms with Crippen LogP contribution in [-0.4, -0.2) is 28.3 Å². The average molecular weight is 273 g/mol. The lowest BCUT2D eigenvalue weighted by molar-refractivity contribution is -0.117. The van der Waals surface area contributed by atoms with E-state index >= 15 is 0 Å². The van der Waals surface area contributed by atoms with E-state index in [1.807, 2.05) is 0 Å². The van der Waals surface area contributed by atoms with Gasteiger partial charge < -0.3 is 9.22 Å². The maximum atomic E-state index is 11.1. The van der Waals surface area contributed by atoms with Crippen molar-refractivity contribution < 1.29 is 9.22 Å². The SMILES string of the molecule is CC(=O)CC[C@@H](/C=C/[Si](C)(C)C)O[Si](C)(C)C. The average Bonchev–Trinajstić information content (AvgIpc) is 2.06. The van der Waals surface area contributed by atoms with Gasteiger partial charge in [0, 0.05) is 6.42 Å². The second-order valence-corrected chi connectivity index (χ2v) is 16.3. The molecule has 0 fully saturated rings. The fraction of sp³-hybridized carbons (Fsp3) is 0.769. The summed E-state index contributed by atoms with van der Waals surface area (Å²) in [5.41, 5.74) is 2.32. The first-order valence-corrected chi connectivity index (χ1v) is 13.3. The summed E-state index contributed by atoms with van der Waals surface area (Å²) in [5, 5.41) is 0. The van der Waals surface area contributed by atoms with Crippen molar-refractivity contribution in [1.29, 1.82) is 0 Å². The molecule has 4 heteroatoms. The lowest BCUT2D eigenvalue weighted by atomic mass is 10.1. The van der Waals surface area contributed by atoms with Gasteiger partial charge >= 0.3 is 0 Å². The van der Waals surface area contributed by atoms with Gasteiger partial charge in [0.05, 0.1) is 14.2 Å². The lowest BCUT2D eigenvalue weighted by Crippen LogP contribution is -2.32. The van der Waals surface area contributed by atoms with Gasteiger partial charge in [-0.15, -0.1) is 0 Å². The predicted molar refractivity (Wildman–Crippen MR) is 80.6 cm³/mol. The molecule has 0 heterocycles. The van der Waals surface area contributed by atoms with Crippen LogP contribution in [0.2, 0.25) is 39.3 Å². The molecule has 0 aromatic heterocycles. The van der Waals surface area contributed by atoms with Crippen LogP contribution in [0, 0.1) is 0 Å². The van der Waals surface area contributed by atoms with Crippen molar-refractivity contribution in [2.75, 3.05) is 0 Å². The number of hydrogen-bond donors (Lipinski definition) is 0. The predicted octanol–water partition coefficient (Wildman–Crippen LogP) is 4.01. The Balaban J connectivity index is 4.51. The van der Waals surface area contributed by atoms with Crippen LogP contribution in [0.3, 0.4) is 0 Å². The highest BCUT2D eigenvalue weighted by Gasteiger charge is 2.20. The van der Waals surface area contributed by atoms with Gasteiger partial charge in [-0.05, 0) is 33.0 Å². The maximum Gasteiger partial charge on any atom is 0.184 e. The van der Waals surface area contributed by atoms with E-state index in [0.29, 0.717) is 6.42 Å². The third kappa shape index (κ3) is 12.1. The van der Waals surface area contributed by atoms with Crippen LogP contribution in [0.1, 0.15) is 19.8 Å². The van der Waals surface area contributed by atoms with Gasteiger partial charge in [0.2, 0.25) is 0 Å². The van der Waals surface area contributed by atoms with Gasteiger partial charge in [0.15, 0.2) is 8.32 Å². The van der Waals surface area contributed by atoms with Crippen LogP contribution < -0.4 is 0 Å². The highest BCUT2D eigenvalue weighted by atomic mass is 28.4. The van der Waals surface area contributed by atoms with Crippen LogP contribution in [0.15, 0.2) is 11.8 Å². The molecular formula is C13H28O2Si2. The van der Waals surface area contributed by atoms with E-state index < -0.39 is 16.4 Å². The molecular weight excluding hydrogens is 244 g/mol. The normalized spacial score (nSPS) is 15.2. The minimum Gasteiger partial charge on any atom is -0.411 e. The fourth-order valence-corrected chi connectivity index (χ4v) is 3.29. The van der Waals surface area contributed by atoms with Gasteiger partial charge in [-0.25, -0.2) is 0 Å². The molecule has 100 valence electrons. The number of Topliss-reactive ketones (excluding diaryl/α,β-unsaturated/α-hetero) is 1. The summed E-state index contributed by atoms with van der Waals surface area (Å²) in [6.45, 7) is 15.1. The second kappa shape index (κ2) is 6.66. The number of carbonyl (C=O) groups is 1. The number of ketones is 1. The Morgan fingerprint density at radius 2 is 1.71 bits per heavy atom. The summed E-state index contributed by atoms with van der Waals surface area (Å²) >= 11 is 0. The smallest absolute Gasteiger partial charge is 0.184 e. The molecule has 0 radical (unpaired) electrons. The van der Waals surface area contributed by atoms with E-state index in [2.05, 4.69) is 51.1 Å². The minimum absolute atomic E-state index is 0.122. The van der Waals surface area contributed by atoms with Crippen molar-refractivity contribution in [1.82, 2.24) is 0 Å². The molecule has 0 spiro atoms. The Bertz CT molecular complexity index is 272. The third-order valence-corrected chi connectivity index (χ3v) is 4.30. The molecule has 0 rings (SSSR count). The van der Waals surface area contributed by atoms with Crippen molar-refractivity contribution in [3.8, 4) is 0 Å². The second-order valence-electron chi connectivity index (χ2n) is 6.73. The first-order chi connectivity index (χ1) is 7.49. The van der Waals surface area contributed by atoms with E-state index in [9.17, 15) is 4.79 Å². The molecule has 0 N–H and O–H groups in total. The molecule has 17 heavy (non-hydrogen) atoms. The summed E-state index contributed by atoms with van der Waals surface area (Å²) in [5.74, 6) is 0.246. The summed E-state index contributed by atoms with van der Waals surface area (Å²) in [4.78, 5) is 11.1. The maximum absolute atomic E-state index is 11.1. The molecule has 0 aliphatic heterocycles. The van der Waals surface area contributed by atoms with Crippen LogP contribution in [0.25, 0.3) is 0 Å². The zero-order chi connectivity index (χ0) is 13.7. The summed E-state index contributed by atoms with van der Waals surface area (Å²) < 4.78 is 6.11. The molecule has 0 aromatic carbocycles. The Morgan fingerprint density at radius 1 is 1.18 bits per heavy atom. The Kier molecular flexibility index (Phi) is 6.58. The molecule has 0 aliphatic carbocycles. The molecule has 0 saturated heterocycles. The minimum atomic E-state index is -1.54. The highest BCUT2D eigenvalue weighted by molar-refractivity contribution is 6.81. The van der Waals surface area contributed by atoms with E-state index in [1.165, 1.54) is 0 Å². The van der Waals surface area contributed by atoms with Crippen molar-refractivity contribution in [3.63, 3.8) is 0 Å². The highest BCUT2D eigenvalue weighted by Crippen LogP contribution is 2.15. The van der Waals surface area contributed by atoms with E-state index in [4.69, 9.17) is 4.43 Å². The van der Waals surface area contributed by atoms with Gasteiger partial charge in [-0.1, -0.05) is 31.4 Å². The lowest BCUT2D eigenvalue weighted by Gasteiger charge is -2.25. The van der Waals surface area contributed by atoms with E-state index in [0.717, 1.165) is 6.42 Å². The molecule has 2 nitrogen and oxygen atoms in total. The topological polar surface area (TPSA) is 26.3 Å². The van der Waals surface area contributed by atoms with Gasteiger partial charge in [0.25, 0.3) is 0 Å². The van der Waals surface area contributed by atoms with E-state index in [-0.39, 0.29) is 11.9 Å². The van der Waals surface area contributed by atoms with Crippen molar-refractivity contribution in [3.05, 3.63) is 11.8 Å². The first kappa shape index (κ1) is 16.8. The Morgan fingerprint density at radius 3 is 2.06 bits per heavy atom. The summed E-state index contributed by atoms with van der Waals surface area (Å²) in [7, 11) is -2.72. The largest absolute Gasteiger partial charge is 0.411 e. The summed E-state index contributed by atoms with van der Waals surface area (Å²) in [6.07, 6.45) is 3.75. The molecule has 0 bridgehead atoms. The van der Waals surface area contributed by atoms with Crippen LogP contribution in [-0.2, 0) is 9.22 Å². The number of hydrogen-bond acceptors (Lipinski definition) is 2. The standard InChI is InChI=1S/C13H28O2Si2/c1-12(14)8-9-13(15-17(5,6)7)10-11-16(2,3)4/h10-11,13H,8-9H2,1-7H3/b11-10+/t13-/m0/s1. The molecule has 0 unspecified atom stereocenters. The molecule has 0 aromatic rings. The fourth-order valence-electron chi connectivity index (χ4n) is 1.39. The Hall–Kier alpha value is -0.196. The molecule has 1 atom stereocenters. The van der Waals surface area contributed by atoms with Crippen molar-refractivity contribution in [2.45, 2.75) is 65.2 Å².